The van der Waals surface area contributed by atoms with Gasteiger partial charge in [0.15, 0.2) is 0 Å². The van der Waals surface area contributed by atoms with E-state index in [2.05, 4.69) is 41.5 Å². The van der Waals surface area contributed by atoms with Gasteiger partial charge in [-0.15, -0.1) is 0 Å². The first kappa shape index (κ1) is 18.8. The van der Waals surface area contributed by atoms with Gasteiger partial charge in [-0.2, -0.15) is 0 Å². The first-order chi connectivity index (χ1) is 11.1. The van der Waals surface area contributed by atoms with Crippen LogP contribution < -0.4 is 9.05 Å². The van der Waals surface area contributed by atoms with Gasteiger partial charge in [-0.25, -0.2) is 0 Å². The van der Waals surface area contributed by atoms with Gasteiger partial charge < -0.3 is 13.9 Å². The van der Waals surface area contributed by atoms with Crippen molar-refractivity contribution in [3.05, 3.63) is 59.7 Å². The minimum absolute atomic E-state index is 0.0911. The summed E-state index contributed by atoms with van der Waals surface area (Å²) >= 11 is 0. The summed E-state index contributed by atoms with van der Waals surface area (Å²) in [5, 5.41) is 0. The molecule has 0 amide bonds. The molecule has 0 fully saturated rings. The molecule has 0 bridgehead atoms. The molecule has 0 aromatic heterocycles. The van der Waals surface area contributed by atoms with E-state index in [-0.39, 0.29) is 10.8 Å². The third kappa shape index (κ3) is 5.22. The van der Waals surface area contributed by atoms with Gasteiger partial charge in [0.1, 0.15) is 11.5 Å². The van der Waals surface area contributed by atoms with Gasteiger partial charge in [0, 0.05) is 0 Å². The molecular formula is C20H27O3P. The summed E-state index contributed by atoms with van der Waals surface area (Å²) in [6, 6.07) is 15.5. The standard InChI is InChI=1S/C20H27O3P/c1-19(2,3)15-7-11-17(12-8-15)22-24(21)23-18-13-9-16(10-14-18)20(4,5)6/h7-14,21H,1-6H3. The second-order valence-corrected chi connectivity index (χ2v) is 8.81. The molecule has 0 saturated carbocycles. The Morgan fingerprint density at radius 3 is 1.17 bits per heavy atom. The van der Waals surface area contributed by atoms with Gasteiger partial charge in [-0.1, -0.05) is 65.8 Å². The fraction of sp³-hybridized carbons (Fsp3) is 0.400. The maximum atomic E-state index is 10.0. The molecule has 2 aromatic rings. The van der Waals surface area contributed by atoms with E-state index in [9.17, 15) is 4.89 Å². The van der Waals surface area contributed by atoms with Crippen molar-refractivity contribution < 1.29 is 13.9 Å². The molecule has 0 aliphatic rings. The molecule has 1 N–H and O–H groups in total. The van der Waals surface area contributed by atoms with E-state index >= 15 is 0 Å². The van der Waals surface area contributed by atoms with Crippen LogP contribution in [-0.4, -0.2) is 4.89 Å². The van der Waals surface area contributed by atoms with Crippen molar-refractivity contribution in [3.63, 3.8) is 0 Å². The lowest BCUT2D eigenvalue weighted by Crippen LogP contribution is -2.10. The fourth-order valence-corrected chi connectivity index (χ4v) is 2.87. The highest BCUT2D eigenvalue weighted by Gasteiger charge is 2.16. The summed E-state index contributed by atoms with van der Waals surface area (Å²) < 4.78 is 11.0. The van der Waals surface area contributed by atoms with E-state index in [1.807, 2.05) is 48.5 Å². The zero-order chi connectivity index (χ0) is 18.0. The van der Waals surface area contributed by atoms with Gasteiger partial charge in [0.2, 0.25) is 0 Å². The largest absolute Gasteiger partial charge is 0.460 e. The Hall–Kier alpha value is -1.57. The van der Waals surface area contributed by atoms with Gasteiger partial charge in [0.25, 0.3) is 0 Å². The quantitative estimate of drug-likeness (QED) is 0.694. The summed E-state index contributed by atoms with van der Waals surface area (Å²) in [5.41, 5.74) is 2.62. The molecule has 0 aliphatic carbocycles. The van der Waals surface area contributed by atoms with Crippen LogP contribution in [0.2, 0.25) is 0 Å². The first-order valence-electron chi connectivity index (χ1n) is 8.12. The monoisotopic (exact) mass is 346 g/mol. The highest BCUT2D eigenvalue weighted by molar-refractivity contribution is 7.41. The Morgan fingerprint density at radius 1 is 0.625 bits per heavy atom. The molecule has 2 rings (SSSR count). The molecule has 3 nitrogen and oxygen atoms in total. The minimum atomic E-state index is -2.01. The average Bonchev–Trinajstić information content (AvgIpc) is 2.46. The summed E-state index contributed by atoms with van der Waals surface area (Å²) in [4.78, 5) is 10.0. The van der Waals surface area contributed by atoms with Gasteiger partial charge >= 0.3 is 8.60 Å². The van der Waals surface area contributed by atoms with Crippen LogP contribution in [0, 0.1) is 0 Å². The lowest BCUT2D eigenvalue weighted by Gasteiger charge is -2.20. The number of rotatable bonds is 4. The molecule has 0 heterocycles. The highest BCUT2D eigenvalue weighted by Crippen LogP contribution is 2.37. The molecule has 4 heteroatoms. The molecule has 0 atom stereocenters. The molecule has 24 heavy (non-hydrogen) atoms. The van der Waals surface area contributed by atoms with E-state index < -0.39 is 8.60 Å². The lowest BCUT2D eigenvalue weighted by molar-refractivity contribution is 0.381. The van der Waals surface area contributed by atoms with Crippen LogP contribution in [-0.2, 0) is 10.8 Å². The second-order valence-electron chi connectivity index (χ2n) is 7.97. The van der Waals surface area contributed by atoms with E-state index in [0.29, 0.717) is 11.5 Å². The van der Waals surface area contributed by atoms with Crippen molar-refractivity contribution in [2.45, 2.75) is 52.4 Å². The van der Waals surface area contributed by atoms with Gasteiger partial charge in [0.05, 0.1) is 0 Å². The van der Waals surface area contributed by atoms with E-state index in [1.54, 1.807) is 0 Å². The number of benzene rings is 2. The topological polar surface area (TPSA) is 38.7 Å². The maximum absolute atomic E-state index is 10.0. The summed E-state index contributed by atoms with van der Waals surface area (Å²) in [6.45, 7) is 13.0. The number of hydrogen-bond donors (Lipinski definition) is 1. The summed E-state index contributed by atoms with van der Waals surface area (Å²) in [6.07, 6.45) is 0. The van der Waals surface area contributed by atoms with Crippen LogP contribution in [0.5, 0.6) is 11.5 Å². The van der Waals surface area contributed by atoms with Crippen molar-refractivity contribution in [1.82, 2.24) is 0 Å². The molecule has 0 unspecified atom stereocenters. The van der Waals surface area contributed by atoms with Crippen LogP contribution in [0.25, 0.3) is 0 Å². The fourth-order valence-electron chi connectivity index (χ4n) is 2.23. The Labute approximate surface area is 146 Å². The maximum Gasteiger partial charge on any atom is 0.460 e. The Balaban J connectivity index is 1.97. The van der Waals surface area contributed by atoms with Crippen LogP contribution in [0.15, 0.2) is 48.5 Å². The summed E-state index contributed by atoms with van der Waals surface area (Å²) in [7, 11) is -2.01. The third-order valence-electron chi connectivity index (χ3n) is 3.81. The second kappa shape index (κ2) is 7.13. The number of hydrogen-bond acceptors (Lipinski definition) is 3. The Bertz CT molecular complexity index is 590. The Kier molecular flexibility index (Phi) is 5.57. The molecule has 0 radical (unpaired) electrons. The third-order valence-corrected chi connectivity index (χ3v) is 4.54. The highest BCUT2D eigenvalue weighted by atomic mass is 31.2. The van der Waals surface area contributed by atoms with Crippen molar-refractivity contribution in [1.29, 1.82) is 0 Å². The molecule has 2 aromatic carbocycles. The summed E-state index contributed by atoms with van der Waals surface area (Å²) in [5.74, 6) is 1.20. The first-order valence-corrected chi connectivity index (χ1v) is 9.25. The van der Waals surface area contributed by atoms with Crippen molar-refractivity contribution in [2.75, 3.05) is 0 Å². The molecule has 0 saturated heterocycles. The average molecular weight is 346 g/mol. The predicted octanol–water partition coefficient (Wildman–Crippen LogP) is 5.96. The smallest absolute Gasteiger partial charge is 0.418 e. The van der Waals surface area contributed by atoms with Crippen LogP contribution >= 0.6 is 8.60 Å². The molecule has 0 spiro atoms. The minimum Gasteiger partial charge on any atom is -0.418 e. The SMILES string of the molecule is CC(C)(C)c1ccc(OP(O)Oc2ccc(C(C)(C)C)cc2)cc1. The molecule has 130 valence electrons. The van der Waals surface area contributed by atoms with E-state index in [0.717, 1.165) is 0 Å². The van der Waals surface area contributed by atoms with Gasteiger partial charge in [-0.3, -0.25) is 0 Å². The van der Waals surface area contributed by atoms with Crippen molar-refractivity contribution in [3.8, 4) is 11.5 Å². The molecular weight excluding hydrogens is 319 g/mol. The lowest BCUT2D eigenvalue weighted by atomic mass is 9.87. The van der Waals surface area contributed by atoms with Crippen LogP contribution in [0.4, 0.5) is 0 Å². The van der Waals surface area contributed by atoms with Crippen LogP contribution in [0.1, 0.15) is 52.7 Å². The predicted molar refractivity (Wildman–Crippen MR) is 101 cm³/mol. The zero-order valence-corrected chi connectivity index (χ0v) is 16.2. The zero-order valence-electron chi connectivity index (χ0n) is 15.3. The molecule has 0 aliphatic heterocycles. The van der Waals surface area contributed by atoms with Crippen molar-refractivity contribution in [2.24, 2.45) is 0 Å². The Morgan fingerprint density at radius 2 is 0.917 bits per heavy atom. The van der Waals surface area contributed by atoms with E-state index in [1.165, 1.54) is 11.1 Å². The van der Waals surface area contributed by atoms with Crippen LogP contribution in [0.3, 0.4) is 0 Å². The van der Waals surface area contributed by atoms with E-state index in [4.69, 9.17) is 9.05 Å². The van der Waals surface area contributed by atoms with Gasteiger partial charge in [-0.05, 0) is 46.2 Å². The van der Waals surface area contributed by atoms with Crippen molar-refractivity contribution >= 4 is 8.60 Å². The normalized spacial score (nSPS) is 12.3.